The van der Waals surface area contributed by atoms with Crippen molar-refractivity contribution in [1.29, 1.82) is 0 Å². The molecule has 0 aliphatic rings. The first-order valence-corrected chi connectivity index (χ1v) is 12.9. The van der Waals surface area contributed by atoms with Gasteiger partial charge in [0.15, 0.2) is 16.8 Å². The molecule has 6 heteroatoms. The quantitative estimate of drug-likeness (QED) is 0.257. The van der Waals surface area contributed by atoms with Crippen LogP contribution in [0.1, 0.15) is 16.7 Å². The monoisotopic (exact) mass is 493 g/mol. The molecular weight excluding hydrogens is 466 g/mol. The molecule has 0 bridgehead atoms. The second-order valence-corrected chi connectivity index (χ2v) is 9.91. The second kappa shape index (κ2) is 10.2. The number of para-hydroxylation sites is 1. The van der Waals surface area contributed by atoms with Gasteiger partial charge >= 0.3 is 0 Å². The number of rotatable bonds is 7. The number of anilines is 1. The van der Waals surface area contributed by atoms with Crippen molar-refractivity contribution in [3.8, 4) is 28.4 Å². The highest BCUT2D eigenvalue weighted by Crippen LogP contribution is 2.32. The average molecular weight is 494 g/mol. The van der Waals surface area contributed by atoms with Gasteiger partial charge in [-0.2, -0.15) is 0 Å². The fraction of sp³-hybridized carbons (Fsp3) is 0.100. The van der Waals surface area contributed by atoms with E-state index in [1.807, 2.05) is 95.7 Å². The van der Waals surface area contributed by atoms with E-state index in [0.29, 0.717) is 10.7 Å². The number of nitrogens with one attached hydrogen (secondary N) is 1. The summed E-state index contributed by atoms with van der Waals surface area (Å²) in [6.07, 6.45) is 0. The smallest absolute Gasteiger partial charge is 0.161 e. The molecule has 0 amide bonds. The molecule has 0 fully saturated rings. The van der Waals surface area contributed by atoms with Gasteiger partial charge in [-0.25, -0.2) is 8.89 Å². The largest absolute Gasteiger partial charge is 0.457 e. The number of hydrogen-bond acceptors (Lipinski definition) is 3. The van der Waals surface area contributed by atoms with Crippen LogP contribution in [0.15, 0.2) is 108 Å². The minimum atomic E-state index is -1.43. The summed E-state index contributed by atoms with van der Waals surface area (Å²) < 4.78 is 23.9. The molecule has 5 aromatic rings. The van der Waals surface area contributed by atoms with E-state index in [0.717, 1.165) is 39.6 Å². The predicted octanol–water partition coefficient (Wildman–Crippen LogP) is 7.39. The molecule has 1 unspecified atom stereocenters. The van der Waals surface area contributed by atoms with E-state index in [1.54, 1.807) is 0 Å². The van der Waals surface area contributed by atoms with E-state index in [9.17, 15) is 4.21 Å². The van der Waals surface area contributed by atoms with E-state index in [4.69, 9.17) is 9.84 Å². The van der Waals surface area contributed by atoms with Gasteiger partial charge < -0.3 is 4.74 Å². The first-order chi connectivity index (χ1) is 17.5. The van der Waals surface area contributed by atoms with Crippen molar-refractivity contribution in [2.45, 2.75) is 25.7 Å². The van der Waals surface area contributed by atoms with Crippen LogP contribution in [0.5, 0.6) is 11.5 Å². The highest BCUT2D eigenvalue weighted by molar-refractivity contribution is 7.86. The van der Waals surface area contributed by atoms with Crippen molar-refractivity contribution in [3.63, 3.8) is 0 Å². The third kappa shape index (κ3) is 5.09. The number of aryl methyl sites for hydroxylation is 3. The zero-order valence-corrected chi connectivity index (χ0v) is 21.3. The number of benzene rings is 4. The van der Waals surface area contributed by atoms with Gasteiger partial charge in [0, 0.05) is 11.6 Å². The van der Waals surface area contributed by atoms with Crippen LogP contribution in [0.2, 0.25) is 0 Å². The fourth-order valence-electron chi connectivity index (χ4n) is 4.33. The second-order valence-electron chi connectivity index (χ2n) is 8.70. The molecule has 180 valence electrons. The summed E-state index contributed by atoms with van der Waals surface area (Å²) in [5.74, 6) is 2.08. The van der Waals surface area contributed by atoms with E-state index >= 15 is 0 Å². The first-order valence-electron chi connectivity index (χ1n) is 11.7. The normalized spacial score (nSPS) is 11.8. The highest BCUT2D eigenvalue weighted by atomic mass is 32.2. The van der Waals surface area contributed by atoms with Crippen LogP contribution in [0, 0.1) is 20.8 Å². The van der Waals surface area contributed by atoms with Crippen LogP contribution in [0.25, 0.3) is 16.9 Å². The Bertz CT molecular complexity index is 1490. The summed E-state index contributed by atoms with van der Waals surface area (Å²) in [5.41, 5.74) is 6.32. The van der Waals surface area contributed by atoms with Gasteiger partial charge in [-0.3, -0.25) is 4.72 Å². The lowest BCUT2D eigenvalue weighted by atomic mass is 10.0. The van der Waals surface area contributed by atoms with Gasteiger partial charge in [-0.15, -0.1) is 5.10 Å². The number of hydrogen-bond donors (Lipinski definition) is 1. The minimum absolute atomic E-state index is 0.538. The molecule has 0 radical (unpaired) electrons. The van der Waals surface area contributed by atoms with Crippen molar-refractivity contribution in [2.75, 3.05) is 4.72 Å². The summed E-state index contributed by atoms with van der Waals surface area (Å²) in [6.45, 7) is 6.27. The molecule has 0 saturated heterocycles. The maximum absolute atomic E-state index is 12.9. The Morgan fingerprint density at radius 2 is 1.33 bits per heavy atom. The molecular formula is C30H27N3O2S. The number of aromatic nitrogens is 2. The SMILES string of the molecule is Cc1cc(C)c(-n2nc(NS(=O)c3ccccc3)cc2-c2ccc(Oc3ccccc3)cc2)c(C)c1. The topological polar surface area (TPSA) is 56.2 Å². The van der Waals surface area contributed by atoms with Crippen molar-refractivity contribution in [3.05, 3.63) is 120 Å². The van der Waals surface area contributed by atoms with Crippen LogP contribution in [-0.4, -0.2) is 14.0 Å². The Morgan fingerprint density at radius 3 is 1.97 bits per heavy atom. The van der Waals surface area contributed by atoms with Crippen LogP contribution < -0.4 is 9.46 Å². The third-order valence-corrected chi connectivity index (χ3v) is 6.93. The van der Waals surface area contributed by atoms with Crippen LogP contribution in [0.4, 0.5) is 5.82 Å². The Labute approximate surface area is 214 Å². The Kier molecular flexibility index (Phi) is 6.69. The van der Waals surface area contributed by atoms with Gasteiger partial charge in [-0.1, -0.05) is 54.1 Å². The molecule has 1 N–H and O–H groups in total. The lowest BCUT2D eigenvalue weighted by molar-refractivity contribution is 0.483. The minimum Gasteiger partial charge on any atom is -0.457 e. The molecule has 0 spiro atoms. The van der Waals surface area contributed by atoms with Gasteiger partial charge in [0.25, 0.3) is 0 Å². The molecule has 0 saturated carbocycles. The molecule has 36 heavy (non-hydrogen) atoms. The highest BCUT2D eigenvalue weighted by Gasteiger charge is 2.17. The van der Waals surface area contributed by atoms with E-state index in [-0.39, 0.29) is 0 Å². The molecule has 0 aliphatic heterocycles. The van der Waals surface area contributed by atoms with E-state index in [2.05, 4.69) is 37.6 Å². The van der Waals surface area contributed by atoms with Crippen molar-refractivity contribution in [1.82, 2.24) is 9.78 Å². The van der Waals surface area contributed by atoms with Crippen molar-refractivity contribution < 1.29 is 8.95 Å². The number of nitrogens with zero attached hydrogens (tertiary/aromatic N) is 2. The van der Waals surface area contributed by atoms with E-state index < -0.39 is 11.0 Å². The average Bonchev–Trinajstić information content (AvgIpc) is 3.28. The molecule has 0 aliphatic carbocycles. The zero-order chi connectivity index (χ0) is 25.1. The lowest BCUT2D eigenvalue weighted by Crippen LogP contribution is -2.07. The van der Waals surface area contributed by atoms with Crippen LogP contribution in [-0.2, 0) is 11.0 Å². The standard InChI is InChI=1S/C30H27N3O2S/c1-21-18-22(2)30(23(3)19-21)33-28(20-29(31-33)32-36(34)27-12-8-5-9-13-27)24-14-16-26(17-15-24)35-25-10-6-4-7-11-25/h4-20H,1-3H3,(H,31,32). The van der Waals surface area contributed by atoms with Crippen molar-refractivity contribution in [2.24, 2.45) is 0 Å². The third-order valence-electron chi connectivity index (χ3n) is 5.84. The summed E-state index contributed by atoms with van der Waals surface area (Å²) in [4.78, 5) is 0.693. The Balaban J connectivity index is 1.53. The molecule has 5 rings (SSSR count). The summed E-state index contributed by atoms with van der Waals surface area (Å²) in [7, 11) is -1.43. The maximum Gasteiger partial charge on any atom is 0.161 e. The van der Waals surface area contributed by atoms with Gasteiger partial charge in [0.1, 0.15) is 11.5 Å². The molecule has 5 nitrogen and oxygen atoms in total. The Morgan fingerprint density at radius 1 is 0.750 bits per heavy atom. The Hall–Kier alpha value is -4.16. The van der Waals surface area contributed by atoms with Crippen LogP contribution >= 0.6 is 0 Å². The molecule has 4 aromatic carbocycles. The molecule has 1 atom stereocenters. The molecule has 1 aromatic heterocycles. The zero-order valence-electron chi connectivity index (χ0n) is 20.4. The number of ether oxygens (including phenoxy) is 1. The van der Waals surface area contributed by atoms with Gasteiger partial charge in [0.2, 0.25) is 0 Å². The van der Waals surface area contributed by atoms with Crippen molar-refractivity contribution >= 4 is 16.8 Å². The predicted molar refractivity (Wildman–Crippen MR) is 146 cm³/mol. The summed E-state index contributed by atoms with van der Waals surface area (Å²) in [5, 5.41) is 4.85. The molecule has 1 heterocycles. The van der Waals surface area contributed by atoms with Gasteiger partial charge in [0.05, 0.1) is 16.3 Å². The van der Waals surface area contributed by atoms with E-state index in [1.165, 1.54) is 5.56 Å². The van der Waals surface area contributed by atoms with Crippen LogP contribution in [0.3, 0.4) is 0 Å². The fourth-order valence-corrected chi connectivity index (χ4v) is 5.14. The van der Waals surface area contributed by atoms with Gasteiger partial charge in [-0.05, 0) is 80.4 Å². The summed E-state index contributed by atoms with van der Waals surface area (Å²) >= 11 is 0. The lowest BCUT2D eigenvalue weighted by Gasteiger charge is -2.15. The maximum atomic E-state index is 12.9. The first kappa shape index (κ1) is 23.6. The summed E-state index contributed by atoms with van der Waals surface area (Å²) in [6, 6.07) is 33.2.